The van der Waals surface area contributed by atoms with Crippen molar-refractivity contribution in [2.75, 3.05) is 20.3 Å². The first-order valence-corrected chi connectivity index (χ1v) is 8.42. The molecule has 5 nitrogen and oxygen atoms in total. The van der Waals surface area contributed by atoms with Crippen LogP contribution in [-0.4, -0.2) is 38.0 Å². The standard InChI is InChI=1S/C16H20N2O3S/c1-14-3-5-16(6-4-14)22(19,20)18(11-12-21-2)13-15-7-9-17-10-8-15/h3-10H,11-13H2,1-2H3. The lowest BCUT2D eigenvalue weighted by Crippen LogP contribution is -2.33. The molecule has 0 spiro atoms. The van der Waals surface area contributed by atoms with Gasteiger partial charge in [0.1, 0.15) is 0 Å². The predicted molar refractivity (Wildman–Crippen MR) is 84.9 cm³/mol. The fourth-order valence-electron chi connectivity index (χ4n) is 2.03. The van der Waals surface area contributed by atoms with Crippen LogP contribution in [0.2, 0.25) is 0 Å². The van der Waals surface area contributed by atoms with Crippen LogP contribution in [0.15, 0.2) is 53.7 Å². The molecule has 118 valence electrons. The Bertz CT molecular complexity index is 685. The summed E-state index contributed by atoms with van der Waals surface area (Å²) >= 11 is 0. The number of nitrogens with zero attached hydrogens (tertiary/aromatic N) is 2. The summed E-state index contributed by atoms with van der Waals surface area (Å²) in [6.45, 7) is 2.86. The first-order valence-electron chi connectivity index (χ1n) is 6.98. The van der Waals surface area contributed by atoms with Crippen molar-refractivity contribution in [3.63, 3.8) is 0 Å². The largest absolute Gasteiger partial charge is 0.383 e. The second kappa shape index (κ2) is 7.49. The third-order valence-electron chi connectivity index (χ3n) is 3.31. The zero-order valence-corrected chi connectivity index (χ0v) is 13.6. The van der Waals surface area contributed by atoms with E-state index in [2.05, 4.69) is 4.98 Å². The van der Waals surface area contributed by atoms with Crippen molar-refractivity contribution in [2.45, 2.75) is 18.4 Å². The van der Waals surface area contributed by atoms with Crippen molar-refractivity contribution in [1.82, 2.24) is 9.29 Å². The van der Waals surface area contributed by atoms with E-state index < -0.39 is 10.0 Å². The van der Waals surface area contributed by atoms with Gasteiger partial charge in [0, 0.05) is 32.6 Å². The quantitative estimate of drug-likeness (QED) is 0.785. The molecule has 2 aromatic rings. The van der Waals surface area contributed by atoms with Crippen molar-refractivity contribution in [3.05, 3.63) is 59.9 Å². The van der Waals surface area contributed by atoms with E-state index in [1.165, 1.54) is 4.31 Å². The van der Waals surface area contributed by atoms with Crippen LogP contribution in [0.5, 0.6) is 0 Å². The monoisotopic (exact) mass is 320 g/mol. The maximum Gasteiger partial charge on any atom is 0.243 e. The molecule has 0 fully saturated rings. The molecule has 0 aliphatic rings. The van der Waals surface area contributed by atoms with Gasteiger partial charge in [0.15, 0.2) is 0 Å². The van der Waals surface area contributed by atoms with Crippen molar-refractivity contribution in [2.24, 2.45) is 0 Å². The van der Waals surface area contributed by atoms with Crippen LogP contribution in [0, 0.1) is 6.92 Å². The van der Waals surface area contributed by atoms with E-state index in [1.54, 1.807) is 43.8 Å². The van der Waals surface area contributed by atoms with Crippen molar-refractivity contribution in [3.8, 4) is 0 Å². The normalized spacial score (nSPS) is 11.8. The Kier molecular flexibility index (Phi) is 5.65. The molecule has 0 amide bonds. The van der Waals surface area contributed by atoms with Crippen LogP contribution in [0.25, 0.3) is 0 Å². The Hall–Kier alpha value is -1.76. The average Bonchev–Trinajstić information content (AvgIpc) is 2.52. The van der Waals surface area contributed by atoms with Crippen LogP contribution in [0.3, 0.4) is 0 Å². The van der Waals surface area contributed by atoms with Crippen molar-refractivity contribution >= 4 is 10.0 Å². The van der Waals surface area contributed by atoms with Gasteiger partial charge in [0.25, 0.3) is 0 Å². The van der Waals surface area contributed by atoms with Crippen molar-refractivity contribution in [1.29, 1.82) is 0 Å². The van der Waals surface area contributed by atoms with Gasteiger partial charge in [-0.15, -0.1) is 0 Å². The Labute approximate surface area is 131 Å². The molecule has 0 saturated carbocycles. The van der Waals surface area contributed by atoms with E-state index in [-0.39, 0.29) is 0 Å². The molecule has 1 aromatic heterocycles. The summed E-state index contributed by atoms with van der Waals surface area (Å²) in [5.41, 5.74) is 1.92. The fourth-order valence-corrected chi connectivity index (χ4v) is 3.44. The molecule has 0 aliphatic carbocycles. The molecule has 0 bridgehead atoms. The molecule has 1 heterocycles. The molecule has 6 heteroatoms. The summed E-state index contributed by atoms with van der Waals surface area (Å²) in [5, 5.41) is 0. The number of sulfonamides is 1. The zero-order chi connectivity index (χ0) is 16.0. The summed E-state index contributed by atoms with van der Waals surface area (Å²) in [6, 6.07) is 10.5. The molecular weight excluding hydrogens is 300 g/mol. The molecule has 22 heavy (non-hydrogen) atoms. The number of methoxy groups -OCH3 is 1. The number of rotatable bonds is 7. The van der Waals surface area contributed by atoms with Gasteiger partial charge in [-0.3, -0.25) is 4.98 Å². The van der Waals surface area contributed by atoms with Crippen molar-refractivity contribution < 1.29 is 13.2 Å². The van der Waals surface area contributed by atoms with E-state index in [9.17, 15) is 8.42 Å². The predicted octanol–water partition coefficient (Wildman–Crippen LogP) is 2.23. The molecule has 0 unspecified atom stereocenters. The van der Waals surface area contributed by atoms with Crippen LogP contribution >= 0.6 is 0 Å². The summed E-state index contributed by atoms with van der Waals surface area (Å²) < 4.78 is 32.1. The molecule has 0 saturated heterocycles. The maximum absolute atomic E-state index is 12.8. The van der Waals surface area contributed by atoms with E-state index in [0.717, 1.165) is 11.1 Å². The molecule has 0 radical (unpaired) electrons. The van der Waals surface area contributed by atoms with E-state index in [0.29, 0.717) is 24.6 Å². The first-order chi connectivity index (χ1) is 10.5. The average molecular weight is 320 g/mol. The summed E-state index contributed by atoms with van der Waals surface area (Å²) in [5.74, 6) is 0. The minimum absolute atomic E-state index is 0.294. The number of hydrogen-bond donors (Lipinski definition) is 0. The SMILES string of the molecule is COCCN(Cc1ccncc1)S(=O)(=O)c1ccc(C)cc1. The third kappa shape index (κ3) is 4.13. The highest BCUT2D eigenvalue weighted by Gasteiger charge is 2.24. The number of hydrogen-bond acceptors (Lipinski definition) is 4. The summed E-state index contributed by atoms with van der Waals surface area (Å²) in [7, 11) is -2.00. The second-order valence-electron chi connectivity index (χ2n) is 5.00. The van der Waals surface area contributed by atoms with Gasteiger partial charge in [-0.2, -0.15) is 4.31 Å². The molecule has 0 atom stereocenters. The zero-order valence-electron chi connectivity index (χ0n) is 12.8. The highest BCUT2D eigenvalue weighted by atomic mass is 32.2. The number of benzene rings is 1. The summed E-state index contributed by atoms with van der Waals surface area (Å²) in [6.07, 6.45) is 3.31. The Balaban J connectivity index is 2.28. The lowest BCUT2D eigenvalue weighted by Gasteiger charge is -2.22. The molecular formula is C16H20N2O3S. The van der Waals surface area contributed by atoms with E-state index in [1.807, 2.05) is 19.1 Å². The minimum atomic E-state index is -3.56. The number of aromatic nitrogens is 1. The van der Waals surface area contributed by atoms with Gasteiger partial charge in [-0.1, -0.05) is 17.7 Å². The molecule has 0 N–H and O–H groups in total. The molecule has 0 aliphatic heterocycles. The number of pyridine rings is 1. The number of ether oxygens (including phenoxy) is 1. The summed E-state index contributed by atoms with van der Waals surface area (Å²) in [4.78, 5) is 4.25. The second-order valence-corrected chi connectivity index (χ2v) is 6.94. The Morgan fingerprint density at radius 1 is 1.09 bits per heavy atom. The first kappa shape index (κ1) is 16.6. The van der Waals surface area contributed by atoms with Crippen LogP contribution in [-0.2, 0) is 21.3 Å². The lowest BCUT2D eigenvalue weighted by atomic mass is 10.2. The van der Waals surface area contributed by atoms with Crippen LogP contribution in [0.4, 0.5) is 0 Å². The third-order valence-corrected chi connectivity index (χ3v) is 5.17. The molecule has 2 rings (SSSR count). The van der Waals surface area contributed by atoms with Gasteiger partial charge in [-0.05, 0) is 36.8 Å². The van der Waals surface area contributed by atoms with E-state index >= 15 is 0 Å². The maximum atomic E-state index is 12.8. The van der Waals surface area contributed by atoms with E-state index in [4.69, 9.17) is 4.74 Å². The van der Waals surface area contributed by atoms with Gasteiger partial charge in [0.2, 0.25) is 10.0 Å². The topological polar surface area (TPSA) is 59.5 Å². The number of aryl methyl sites for hydroxylation is 1. The van der Waals surface area contributed by atoms with Crippen LogP contribution in [0.1, 0.15) is 11.1 Å². The highest BCUT2D eigenvalue weighted by Crippen LogP contribution is 2.18. The minimum Gasteiger partial charge on any atom is -0.383 e. The molecule has 1 aromatic carbocycles. The fraction of sp³-hybridized carbons (Fsp3) is 0.312. The van der Waals surface area contributed by atoms with Crippen LogP contribution < -0.4 is 0 Å². The lowest BCUT2D eigenvalue weighted by molar-refractivity contribution is 0.177. The van der Waals surface area contributed by atoms with Gasteiger partial charge < -0.3 is 4.74 Å². The Morgan fingerprint density at radius 3 is 2.32 bits per heavy atom. The van der Waals surface area contributed by atoms with Gasteiger partial charge in [0.05, 0.1) is 11.5 Å². The highest BCUT2D eigenvalue weighted by molar-refractivity contribution is 7.89. The van der Waals surface area contributed by atoms with Gasteiger partial charge >= 0.3 is 0 Å². The Morgan fingerprint density at radius 2 is 1.73 bits per heavy atom. The van der Waals surface area contributed by atoms with Gasteiger partial charge in [-0.25, -0.2) is 8.42 Å². The smallest absolute Gasteiger partial charge is 0.243 e.